The van der Waals surface area contributed by atoms with E-state index in [0.29, 0.717) is 6.54 Å². The van der Waals surface area contributed by atoms with Gasteiger partial charge in [-0.05, 0) is 17.7 Å². The Morgan fingerprint density at radius 1 is 1.50 bits per heavy atom. The SMILES string of the molecule is NC(=O)NCc1ccnc(-n2ccnc2)c1. The van der Waals surface area contributed by atoms with Crippen LogP contribution >= 0.6 is 0 Å². The van der Waals surface area contributed by atoms with Gasteiger partial charge in [0.2, 0.25) is 0 Å². The minimum atomic E-state index is -0.541. The lowest BCUT2D eigenvalue weighted by molar-refractivity contribution is 0.248. The number of hydrogen-bond acceptors (Lipinski definition) is 3. The van der Waals surface area contributed by atoms with Crippen LogP contribution in [0.1, 0.15) is 5.56 Å². The number of imidazole rings is 1. The molecule has 16 heavy (non-hydrogen) atoms. The van der Waals surface area contributed by atoms with E-state index in [1.54, 1.807) is 29.5 Å². The average molecular weight is 217 g/mol. The lowest BCUT2D eigenvalue weighted by Gasteiger charge is -2.05. The van der Waals surface area contributed by atoms with Crippen molar-refractivity contribution in [3.05, 3.63) is 42.6 Å². The van der Waals surface area contributed by atoms with Crippen LogP contribution in [-0.2, 0) is 6.54 Å². The summed E-state index contributed by atoms with van der Waals surface area (Å²) < 4.78 is 1.79. The van der Waals surface area contributed by atoms with Crippen LogP contribution in [0.15, 0.2) is 37.1 Å². The van der Waals surface area contributed by atoms with Gasteiger partial charge in [0.1, 0.15) is 12.1 Å². The quantitative estimate of drug-likeness (QED) is 0.782. The maximum absolute atomic E-state index is 10.6. The largest absolute Gasteiger partial charge is 0.352 e. The third-order valence-corrected chi connectivity index (χ3v) is 2.05. The first kappa shape index (κ1) is 10.2. The fourth-order valence-corrected chi connectivity index (χ4v) is 1.30. The van der Waals surface area contributed by atoms with Gasteiger partial charge in [0.05, 0.1) is 0 Å². The maximum Gasteiger partial charge on any atom is 0.312 e. The molecule has 0 saturated carbocycles. The summed E-state index contributed by atoms with van der Waals surface area (Å²) in [5.74, 6) is 0.751. The Labute approximate surface area is 92.1 Å². The van der Waals surface area contributed by atoms with E-state index in [4.69, 9.17) is 5.73 Å². The van der Waals surface area contributed by atoms with Crippen molar-refractivity contribution in [1.29, 1.82) is 0 Å². The number of carbonyl (C=O) groups is 1. The van der Waals surface area contributed by atoms with E-state index in [2.05, 4.69) is 15.3 Å². The molecule has 0 aliphatic carbocycles. The van der Waals surface area contributed by atoms with Crippen LogP contribution in [0.4, 0.5) is 4.79 Å². The zero-order chi connectivity index (χ0) is 11.4. The number of amides is 2. The summed E-state index contributed by atoms with van der Waals surface area (Å²) in [6, 6.07) is 3.13. The van der Waals surface area contributed by atoms with Crippen LogP contribution < -0.4 is 11.1 Å². The molecule has 82 valence electrons. The van der Waals surface area contributed by atoms with Crippen molar-refractivity contribution in [1.82, 2.24) is 19.9 Å². The van der Waals surface area contributed by atoms with E-state index in [9.17, 15) is 4.79 Å². The molecular weight excluding hydrogens is 206 g/mol. The average Bonchev–Trinajstić information content (AvgIpc) is 2.80. The molecule has 0 aliphatic heterocycles. The molecule has 0 saturated heterocycles. The van der Waals surface area contributed by atoms with Crippen molar-refractivity contribution in [3.8, 4) is 5.82 Å². The molecule has 2 aromatic heterocycles. The molecule has 0 fully saturated rings. The fraction of sp³-hybridized carbons (Fsp3) is 0.100. The molecule has 0 radical (unpaired) electrons. The van der Waals surface area contributed by atoms with Gasteiger partial charge in [-0.25, -0.2) is 14.8 Å². The van der Waals surface area contributed by atoms with Gasteiger partial charge in [0, 0.05) is 25.1 Å². The van der Waals surface area contributed by atoms with Gasteiger partial charge in [-0.3, -0.25) is 4.57 Å². The molecule has 2 amide bonds. The molecule has 0 atom stereocenters. The molecule has 0 bridgehead atoms. The summed E-state index contributed by atoms with van der Waals surface area (Å²) in [5.41, 5.74) is 5.92. The van der Waals surface area contributed by atoms with Crippen LogP contribution in [0, 0.1) is 0 Å². The van der Waals surface area contributed by atoms with E-state index in [0.717, 1.165) is 11.4 Å². The number of carbonyl (C=O) groups excluding carboxylic acids is 1. The third kappa shape index (κ3) is 2.35. The Bertz CT molecular complexity index is 480. The summed E-state index contributed by atoms with van der Waals surface area (Å²) in [4.78, 5) is 18.7. The lowest BCUT2D eigenvalue weighted by atomic mass is 10.2. The molecule has 0 spiro atoms. The van der Waals surface area contributed by atoms with E-state index in [1.807, 2.05) is 12.1 Å². The lowest BCUT2D eigenvalue weighted by Crippen LogP contribution is -2.28. The summed E-state index contributed by atoms with van der Waals surface area (Å²) in [6.45, 7) is 0.388. The molecule has 6 heteroatoms. The molecule has 6 nitrogen and oxygen atoms in total. The monoisotopic (exact) mass is 217 g/mol. The maximum atomic E-state index is 10.6. The van der Waals surface area contributed by atoms with Crippen LogP contribution in [-0.4, -0.2) is 20.6 Å². The summed E-state index contributed by atoms with van der Waals surface area (Å²) in [6.07, 6.45) is 6.81. The molecule has 0 aromatic carbocycles. The molecule has 0 aliphatic rings. The number of rotatable bonds is 3. The van der Waals surface area contributed by atoms with Gasteiger partial charge in [-0.1, -0.05) is 0 Å². The Morgan fingerprint density at radius 2 is 2.38 bits per heavy atom. The molecule has 2 rings (SSSR count). The van der Waals surface area contributed by atoms with Crippen molar-refractivity contribution in [2.45, 2.75) is 6.54 Å². The molecule has 2 aromatic rings. The van der Waals surface area contributed by atoms with Crippen LogP contribution in [0.3, 0.4) is 0 Å². The number of aromatic nitrogens is 3. The zero-order valence-corrected chi connectivity index (χ0v) is 8.50. The predicted octanol–water partition coefficient (Wildman–Crippen LogP) is 0.436. The summed E-state index contributed by atoms with van der Waals surface area (Å²) >= 11 is 0. The van der Waals surface area contributed by atoms with E-state index >= 15 is 0 Å². The fourth-order valence-electron chi connectivity index (χ4n) is 1.30. The second kappa shape index (κ2) is 4.43. The van der Waals surface area contributed by atoms with Crippen molar-refractivity contribution < 1.29 is 4.79 Å². The van der Waals surface area contributed by atoms with Gasteiger partial charge in [0.15, 0.2) is 0 Å². The number of nitrogens with one attached hydrogen (secondary N) is 1. The Balaban J connectivity index is 2.17. The van der Waals surface area contributed by atoms with Crippen molar-refractivity contribution in [2.75, 3.05) is 0 Å². The van der Waals surface area contributed by atoms with Gasteiger partial charge >= 0.3 is 6.03 Å². The number of pyridine rings is 1. The Kier molecular flexibility index (Phi) is 2.81. The van der Waals surface area contributed by atoms with Crippen LogP contribution in [0.25, 0.3) is 5.82 Å². The first-order valence-electron chi connectivity index (χ1n) is 4.72. The van der Waals surface area contributed by atoms with Gasteiger partial charge in [0.25, 0.3) is 0 Å². The number of nitrogens with zero attached hydrogens (tertiary/aromatic N) is 3. The molecular formula is C10H11N5O. The Hall–Kier alpha value is -2.37. The minimum Gasteiger partial charge on any atom is -0.352 e. The Morgan fingerprint density at radius 3 is 3.06 bits per heavy atom. The highest BCUT2D eigenvalue weighted by atomic mass is 16.2. The highest BCUT2D eigenvalue weighted by Gasteiger charge is 2.00. The highest BCUT2D eigenvalue weighted by Crippen LogP contribution is 2.06. The summed E-state index contributed by atoms with van der Waals surface area (Å²) in [7, 11) is 0. The normalized spacial score (nSPS) is 10.0. The number of primary amides is 1. The number of hydrogen-bond donors (Lipinski definition) is 2. The zero-order valence-electron chi connectivity index (χ0n) is 8.50. The molecule has 2 heterocycles. The smallest absolute Gasteiger partial charge is 0.312 e. The topological polar surface area (TPSA) is 85.8 Å². The van der Waals surface area contributed by atoms with Gasteiger partial charge in [-0.15, -0.1) is 0 Å². The summed E-state index contributed by atoms with van der Waals surface area (Å²) in [5, 5.41) is 2.52. The molecule has 0 unspecified atom stereocenters. The number of nitrogens with two attached hydrogens (primary N) is 1. The third-order valence-electron chi connectivity index (χ3n) is 2.05. The first-order valence-corrected chi connectivity index (χ1v) is 4.72. The van der Waals surface area contributed by atoms with Gasteiger partial charge in [-0.2, -0.15) is 0 Å². The van der Waals surface area contributed by atoms with Crippen LogP contribution in [0.5, 0.6) is 0 Å². The second-order valence-corrected chi connectivity index (χ2v) is 3.21. The van der Waals surface area contributed by atoms with Crippen molar-refractivity contribution >= 4 is 6.03 Å². The van der Waals surface area contributed by atoms with E-state index < -0.39 is 6.03 Å². The van der Waals surface area contributed by atoms with Crippen molar-refractivity contribution in [2.24, 2.45) is 5.73 Å². The first-order chi connectivity index (χ1) is 7.75. The van der Waals surface area contributed by atoms with Gasteiger partial charge < -0.3 is 11.1 Å². The van der Waals surface area contributed by atoms with Crippen molar-refractivity contribution in [3.63, 3.8) is 0 Å². The van der Waals surface area contributed by atoms with E-state index in [-0.39, 0.29) is 0 Å². The highest BCUT2D eigenvalue weighted by molar-refractivity contribution is 5.71. The minimum absolute atomic E-state index is 0.388. The second-order valence-electron chi connectivity index (χ2n) is 3.21. The number of urea groups is 1. The van der Waals surface area contributed by atoms with Crippen LogP contribution in [0.2, 0.25) is 0 Å². The predicted molar refractivity (Wildman–Crippen MR) is 57.8 cm³/mol. The standard InChI is InChI=1S/C10H11N5O/c11-10(16)14-6-8-1-2-13-9(5-8)15-4-3-12-7-15/h1-5,7H,6H2,(H3,11,14,16). The molecule has 3 N–H and O–H groups in total. The van der Waals surface area contributed by atoms with E-state index in [1.165, 1.54) is 0 Å².